The SMILES string of the molecule is CCCc1nc2cc(N)ccc2n1C(C)C(CO)SC. The molecule has 20 heavy (non-hydrogen) atoms. The van der Waals surface area contributed by atoms with Crippen molar-refractivity contribution in [3.05, 3.63) is 24.0 Å². The lowest BCUT2D eigenvalue weighted by Crippen LogP contribution is -2.23. The number of anilines is 1. The van der Waals surface area contributed by atoms with E-state index in [1.165, 1.54) is 0 Å². The second-order valence-corrected chi connectivity index (χ2v) is 6.17. The number of aryl methyl sites for hydroxylation is 1. The van der Waals surface area contributed by atoms with Crippen LogP contribution in [0.3, 0.4) is 0 Å². The number of aliphatic hydroxyl groups excluding tert-OH is 1. The van der Waals surface area contributed by atoms with Gasteiger partial charge >= 0.3 is 0 Å². The van der Waals surface area contributed by atoms with Gasteiger partial charge in [-0.25, -0.2) is 4.98 Å². The molecule has 0 saturated heterocycles. The third-order valence-corrected chi connectivity index (χ3v) is 4.84. The molecule has 2 atom stereocenters. The topological polar surface area (TPSA) is 64.1 Å². The highest BCUT2D eigenvalue weighted by molar-refractivity contribution is 7.99. The number of nitrogens with two attached hydrogens (primary N) is 1. The van der Waals surface area contributed by atoms with Gasteiger partial charge in [0.1, 0.15) is 5.82 Å². The van der Waals surface area contributed by atoms with E-state index >= 15 is 0 Å². The van der Waals surface area contributed by atoms with Crippen LogP contribution in [0.25, 0.3) is 11.0 Å². The molecule has 0 radical (unpaired) electrons. The van der Waals surface area contributed by atoms with Crippen molar-refractivity contribution >= 4 is 28.5 Å². The Morgan fingerprint density at radius 3 is 2.80 bits per heavy atom. The van der Waals surface area contributed by atoms with E-state index in [9.17, 15) is 5.11 Å². The predicted octanol–water partition coefficient (Wildman–Crippen LogP) is 2.86. The Morgan fingerprint density at radius 1 is 1.45 bits per heavy atom. The van der Waals surface area contributed by atoms with Crippen LogP contribution in [0.4, 0.5) is 5.69 Å². The molecule has 4 nitrogen and oxygen atoms in total. The van der Waals surface area contributed by atoms with Gasteiger partial charge in [0.15, 0.2) is 0 Å². The minimum Gasteiger partial charge on any atom is -0.399 e. The van der Waals surface area contributed by atoms with Gasteiger partial charge in [0.2, 0.25) is 0 Å². The first kappa shape index (κ1) is 15.2. The number of nitrogen functional groups attached to an aromatic ring is 1. The Labute approximate surface area is 124 Å². The number of hydrogen-bond donors (Lipinski definition) is 2. The van der Waals surface area contributed by atoms with Gasteiger partial charge in [-0.15, -0.1) is 0 Å². The van der Waals surface area contributed by atoms with Crippen LogP contribution in [-0.4, -0.2) is 32.8 Å². The molecule has 2 aromatic rings. The van der Waals surface area contributed by atoms with Gasteiger partial charge in [0.05, 0.1) is 17.6 Å². The molecule has 0 aliphatic heterocycles. The Kier molecular flexibility index (Phi) is 4.94. The van der Waals surface area contributed by atoms with Crippen molar-refractivity contribution in [2.45, 2.75) is 38.0 Å². The summed E-state index contributed by atoms with van der Waals surface area (Å²) in [4.78, 5) is 4.73. The van der Waals surface area contributed by atoms with E-state index in [1.807, 2.05) is 24.5 Å². The Bertz CT molecular complexity index is 578. The van der Waals surface area contributed by atoms with Crippen molar-refractivity contribution in [2.75, 3.05) is 18.6 Å². The number of aliphatic hydroxyl groups is 1. The molecule has 1 aromatic heterocycles. The van der Waals surface area contributed by atoms with Gasteiger partial charge in [-0.3, -0.25) is 0 Å². The summed E-state index contributed by atoms with van der Waals surface area (Å²) in [5.74, 6) is 1.08. The number of imidazole rings is 1. The first-order chi connectivity index (χ1) is 9.62. The van der Waals surface area contributed by atoms with E-state index < -0.39 is 0 Å². The van der Waals surface area contributed by atoms with Crippen molar-refractivity contribution in [1.82, 2.24) is 9.55 Å². The summed E-state index contributed by atoms with van der Waals surface area (Å²) in [6.45, 7) is 4.47. The number of aromatic nitrogens is 2. The number of hydrogen-bond acceptors (Lipinski definition) is 4. The molecule has 2 rings (SSSR count). The second-order valence-electron chi connectivity index (χ2n) is 5.09. The first-order valence-corrected chi connectivity index (χ1v) is 8.31. The molecular formula is C15H23N3OS. The predicted molar refractivity (Wildman–Crippen MR) is 87.2 cm³/mol. The maximum absolute atomic E-state index is 9.56. The number of nitrogens with zero attached hydrogens (tertiary/aromatic N) is 2. The van der Waals surface area contributed by atoms with Crippen molar-refractivity contribution in [1.29, 1.82) is 0 Å². The lowest BCUT2D eigenvalue weighted by Gasteiger charge is -2.24. The van der Waals surface area contributed by atoms with E-state index in [0.29, 0.717) is 0 Å². The van der Waals surface area contributed by atoms with Gasteiger partial charge in [0.25, 0.3) is 0 Å². The van der Waals surface area contributed by atoms with Crippen LogP contribution in [0.2, 0.25) is 0 Å². The molecule has 3 N–H and O–H groups in total. The highest BCUT2D eigenvalue weighted by Crippen LogP contribution is 2.29. The number of fused-ring (bicyclic) bond motifs is 1. The highest BCUT2D eigenvalue weighted by atomic mass is 32.2. The van der Waals surface area contributed by atoms with Gasteiger partial charge in [-0.05, 0) is 37.8 Å². The maximum atomic E-state index is 9.56. The minimum absolute atomic E-state index is 0.167. The summed E-state index contributed by atoms with van der Waals surface area (Å²) < 4.78 is 2.26. The van der Waals surface area contributed by atoms with Crippen molar-refractivity contribution in [2.24, 2.45) is 0 Å². The van der Waals surface area contributed by atoms with E-state index in [2.05, 4.69) is 18.4 Å². The maximum Gasteiger partial charge on any atom is 0.110 e. The van der Waals surface area contributed by atoms with Crippen molar-refractivity contribution in [3.63, 3.8) is 0 Å². The highest BCUT2D eigenvalue weighted by Gasteiger charge is 2.22. The standard InChI is InChI=1S/C15H23N3OS/c1-4-5-15-17-12-8-11(16)6-7-13(12)18(15)10(2)14(9-19)20-3/h6-8,10,14,19H,4-5,9,16H2,1-3H3. The molecule has 0 bridgehead atoms. The monoisotopic (exact) mass is 293 g/mol. The van der Waals surface area contributed by atoms with E-state index in [4.69, 9.17) is 10.7 Å². The zero-order chi connectivity index (χ0) is 14.7. The molecule has 0 saturated carbocycles. The van der Waals surface area contributed by atoms with E-state index in [-0.39, 0.29) is 17.9 Å². The minimum atomic E-state index is 0.167. The van der Waals surface area contributed by atoms with Crippen LogP contribution in [0.5, 0.6) is 0 Å². The molecule has 110 valence electrons. The van der Waals surface area contributed by atoms with Gasteiger partial charge < -0.3 is 15.4 Å². The Balaban J connectivity index is 2.55. The normalized spacial score (nSPS) is 14.6. The van der Waals surface area contributed by atoms with Gasteiger partial charge in [0, 0.05) is 23.4 Å². The molecule has 5 heteroatoms. The van der Waals surface area contributed by atoms with Crippen molar-refractivity contribution < 1.29 is 5.11 Å². The summed E-state index contributed by atoms with van der Waals surface area (Å²) in [5, 5.41) is 9.72. The number of benzene rings is 1. The third kappa shape index (κ3) is 2.79. The smallest absolute Gasteiger partial charge is 0.110 e. The summed E-state index contributed by atoms with van der Waals surface area (Å²) >= 11 is 1.69. The fourth-order valence-electron chi connectivity index (χ4n) is 2.61. The van der Waals surface area contributed by atoms with Crippen LogP contribution in [-0.2, 0) is 6.42 Å². The molecule has 0 spiro atoms. The lowest BCUT2D eigenvalue weighted by atomic mass is 10.2. The molecule has 0 amide bonds. The Hall–Kier alpha value is -1.20. The quantitative estimate of drug-likeness (QED) is 0.804. The number of thioether (sulfide) groups is 1. The summed E-state index contributed by atoms with van der Waals surface area (Å²) in [5.41, 5.74) is 8.63. The van der Waals surface area contributed by atoms with Crippen molar-refractivity contribution in [3.8, 4) is 0 Å². The van der Waals surface area contributed by atoms with E-state index in [1.54, 1.807) is 11.8 Å². The number of rotatable bonds is 6. The molecule has 2 unspecified atom stereocenters. The summed E-state index contributed by atoms with van der Waals surface area (Å²) in [6.07, 6.45) is 4.02. The largest absolute Gasteiger partial charge is 0.399 e. The molecular weight excluding hydrogens is 270 g/mol. The second kappa shape index (κ2) is 6.50. The molecule has 0 aliphatic rings. The molecule has 1 aromatic carbocycles. The van der Waals surface area contributed by atoms with Crippen LogP contribution in [0.1, 0.15) is 32.1 Å². The van der Waals surface area contributed by atoms with Crippen LogP contribution in [0, 0.1) is 0 Å². The van der Waals surface area contributed by atoms with Crippen LogP contribution < -0.4 is 5.73 Å². The van der Waals surface area contributed by atoms with Gasteiger partial charge in [-0.2, -0.15) is 11.8 Å². The Morgan fingerprint density at radius 2 is 2.20 bits per heavy atom. The zero-order valence-corrected chi connectivity index (χ0v) is 13.2. The summed E-state index contributed by atoms with van der Waals surface area (Å²) in [6, 6.07) is 6.06. The van der Waals surface area contributed by atoms with Crippen LogP contribution in [0.15, 0.2) is 18.2 Å². The zero-order valence-electron chi connectivity index (χ0n) is 12.3. The third-order valence-electron chi connectivity index (χ3n) is 3.69. The average molecular weight is 293 g/mol. The lowest BCUT2D eigenvalue weighted by molar-refractivity contribution is 0.270. The fraction of sp³-hybridized carbons (Fsp3) is 0.533. The molecule has 1 heterocycles. The van der Waals surface area contributed by atoms with E-state index in [0.717, 1.165) is 35.4 Å². The fourth-order valence-corrected chi connectivity index (χ4v) is 3.28. The first-order valence-electron chi connectivity index (χ1n) is 7.02. The average Bonchev–Trinajstić information content (AvgIpc) is 2.77. The molecule has 0 fully saturated rings. The van der Waals surface area contributed by atoms with Gasteiger partial charge in [-0.1, -0.05) is 6.92 Å². The molecule has 0 aliphatic carbocycles. The summed E-state index contributed by atoms with van der Waals surface area (Å²) in [7, 11) is 0. The van der Waals surface area contributed by atoms with Crippen LogP contribution >= 0.6 is 11.8 Å².